The van der Waals surface area contributed by atoms with Gasteiger partial charge in [-0.15, -0.1) is 0 Å². The molecule has 0 aromatic heterocycles. The minimum Gasteiger partial charge on any atom is -0.491 e. The molecule has 1 aliphatic rings. The second-order valence-electron chi connectivity index (χ2n) is 9.17. The van der Waals surface area contributed by atoms with Gasteiger partial charge in [-0.25, -0.2) is 4.39 Å². The average molecular weight is 500 g/mol. The first-order chi connectivity index (χ1) is 17.1. The van der Waals surface area contributed by atoms with Gasteiger partial charge in [-0.3, -0.25) is 14.4 Å². The number of ether oxygens (including phenoxy) is 2. The van der Waals surface area contributed by atoms with Crippen LogP contribution in [0.3, 0.4) is 0 Å². The maximum absolute atomic E-state index is 13.4. The van der Waals surface area contributed by atoms with E-state index < -0.39 is 5.82 Å². The van der Waals surface area contributed by atoms with Gasteiger partial charge in [-0.2, -0.15) is 0 Å². The van der Waals surface area contributed by atoms with Gasteiger partial charge in [-0.05, 0) is 49.4 Å². The Morgan fingerprint density at radius 3 is 2.47 bits per heavy atom. The summed E-state index contributed by atoms with van der Waals surface area (Å²) in [5.74, 6) is -0.854. The molecule has 1 N–H and O–H groups in total. The summed E-state index contributed by atoms with van der Waals surface area (Å²) in [6.45, 7) is 6.35. The number of nitrogens with one attached hydrogen (secondary N) is 1. The number of anilines is 1. The molecule has 0 unspecified atom stereocenters. The van der Waals surface area contributed by atoms with Crippen molar-refractivity contribution in [2.45, 2.75) is 39.3 Å². The second kappa shape index (κ2) is 12.0. The van der Waals surface area contributed by atoms with Crippen LogP contribution in [0.2, 0.25) is 0 Å². The smallest absolute Gasteiger partial charge is 0.257 e. The Morgan fingerprint density at radius 2 is 1.83 bits per heavy atom. The van der Waals surface area contributed by atoms with E-state index in [0.29, 0.717) is 35.5 Å². The van der Waals surface area contributed by atoms with Crippen LogP contribution >= 0.6 is 0 Å². The molecule has 1 aliphatic heterocycles. The SMILES string of the molecule is CCC(=O)Nc1ccc2c(c1)C(=O)N(C)C[C@H](OC)[C@@H](C)CN(C(=O)c1ccc(F)cc1)[C@@H](C)CO2. The zero-order chi connectivity index (χ0) is 26.4. The number of hydrogen-bond donors (Lipinski definition) is 1. The number of amides is 3. The molecule has 3 rings (SSSR count). The van der Waals surface area contributed by atoms with Crippen LogP contribution in [-0.2, 0) is 9.53 Å². The monoisotopic (exact) mass is 499 g/mol. The molecule has 8 nitrogen and oxygen atoms in total. The van der Waals surface area contributed by atoms with E-state index in [9.17, 15) is 18.8 Å². The predicted octanol–water partition coefficient (Wildman–Crippen LogP) is 3.82. The maximum atomic E-state index is 13.4. The van der Waals surface area contributed by atoms with E-state index in [1.807, 2.05) is 13.8 Å². The van der Waals surface area contributed by atoms with Crippen LogP contribution < -0.4 is 10.1 Å². The molecule has 0 spiro atoms. The van der Waals surface area contributed by atoms with E-state index in [2.05, 4.69) is 5.32 Å². The first-order valence-electron chi connectivity index (χ1n) is 12.1. The van der Waals surface area contributed by atoms with Crippen molar-refractivity contribution in [2.24, 2.45) is 5.92 Å². The minimum absolute atomic E-state index is 0.119. The lowest BCUT2D eigenvalue weighted by atomic mass is 10.0. The molecular formula is C27H34FN3O5. The minimum atomic E-state index is -0.414. The molecular weight excluding hydrogens is 465 g/mol. The quantitative estimate of drug-likeness (QED) is 0.691. The van der Waals surface area contributed by atoms with Gasteiger partial charge >= 0.3 is 0 Å². The summed E-state index contributed by atoms with van der Waals surface area (Å²) in [6, 6.07) is 10.0. The van der Waals surface area contributed by atoms with Crippen LogP contribution in [0.4, 0.5) is 10.1 Å². The molecule has 0 fully saturated rings. The Hall–Kier alpha value is -3.46. The second-order valence-corrected chi connectivity index (χ2v) is 9.17. The fraction of sp³-hybridized carbons (Fsp3) is 0.444. The van der Waals surface area contributed by atoms with Gasteiger partial charge in [0.05, 0.1) is 17.7 Å². The number of hydrogen-bond acceptors (Lipinski definition) is 5. The number of nitrogens with zero attached hydrogens (tertiary/aromatic N) is 2. The van der Waals surface area contributed by atoms with Gasteiger partial charge in [0.25, 0.3) is 11.8 Å². The number of fused-ring (bicyclic) bond motifs is 1. The number of benzene rings is 2. The molecule has 0 aliphatic carbocycles. The zero-order valence-corrected chi connectivity index (χ0v) is 21.4. The van der Waals surface area contributed by atoms with Crippen LogP contribution in [0.1, 0.15) is 47.9 Å². The summed E-state index contributed by atoms with van der Waals surface area (Å²) in [5.41, 5.74) is 1.18. The molecule has 2 aromatic carbocycles. The van der Waals surface area contributed by atoms with Crippen molar-refractivity contribution >= 4 is 23.4 Å². The Bertz CT molecular complexity index is 1090. The Balaban J connectivity index is 1.98. The van der Waals surface area contributed by atoms with Crippen molar-refractivity contribution < 1.29 is 28.2 Å². The van der Waals surface area contributed by atoms with E-state index in [4.69, 9.17) is 9.47 Å². The lowest BCUT2D eigenvalue weighted by Crippen LogP contribution is -2.48. The van der Waals surface area contributed by atoms with E-state index in [-0.39, 0.29) is 48.9 Å². The van der Waals surface area contributed by atoms with Crippen molar-refractivity contribution in [3.05, 3.63) is 59.4 Å². The summed E-state index contributed by atoms with van der Waals surface area (Å²) in [4.78, 5) is 41.9. The molecule has 0 radical (unpaired) electrons. The number of likely N-dealkylation sites (N-methyl/N-ethyl adjacent to an activating group) is 1. The number of carbonyl (C=O) groups is 3. The molecule has 0 bridgehead atoms. The van der Waals surface area contributed by atoms with Crippen LogP contribution in [-0.4, -0.2) is 73.5 Å². The van der Waals surface area contributed by atoms with Gasteiger partial charge in [0.15, 0.2) is 0 Å². The lowest BCUT2D eigenvalue weighted by molar-refractivity contribution is -0.115. The first kappa shape index (κ1) is 27.1. The van der Waals surface area contributed by atoms with Gasteiger partial charge < -0.3 is 24.6 Å². The van der Waals surface area contributed by atoms with Crippen molar-refractivity contribution in [3.8, 4) is 5.75 Å². The lowest BCUT2D eigenvalue weighted by Gasteiger charge is -2.36. The van der Waals surface area contributed by atoms with Crippen LogP contribution in [0.25, 0.3) is 0 Å². The highest BCUT2D eigenvalue weighted by molar-refractivity contribution is 5.99. The Morgan fingerprint density at radius 1 is 1.14 bits per heavy atom. The summed E-state index contributed by atoms with van der Waals surface area (Å²) in [6.07, 6.45) is -0.0361. The van der Waals surface area contributed by atoms with Crippen LogP contribution in [0.15, 0.2) is 42.5 Å². The van der Waals surface area contributed by atoms with Crippen LogP contribution in [0.5, 0.6) is 5.75 Å². The predicted molar refractivity (Wildman–Crippen MR) is 135 cm³/mol. The maximum Gasteiger partial charge on any atom is 0.257 e. The number of methoxy groups -OCH3 is 1. The van der Waals surface area contributed by atoms with Crippen molar-refractivity contribution in [2.75, 3.05) is 39.2 Å². The number of carbonyl (C=O) groups excluding carboxylic acids is 3. The average Bonchev–Trinajstić information content (AvgIpc) is 2.87. The first-order valence-corrected chi connectivity index (χ1v) is 12.1. The van der Waals surface area contributed by atoms with Crippen molar-refractivity contribution in [1.82, 2.24) is 9.80 Å². The molecule has 194 valence electrons. The Kier molecular flexibility index (Phi) is 9.03. The summed E-state index contributed by atoms with van der Waals surface area (Å²) in [5, 5.41) is 2.77. The van der Waals surface area contributed by atoms with E-state index in [1.165, 1.54) is 24.3 Å². The third-order valence-corrected chi connectivity index (χ3v) is 6.40. The summed E-state index contributed by atoms with van der Waals surface area (Å²) >= 11 is 0. The molecule has 9 heteroatoms. The number of rotatable bonds is 4. The highest BCUT2D eigenvalue weighted by Gasteiger charge is 2.31. The van der Waals surface area contributed by atoms with Gasteiger partial charge in [0, 0.05) is 50.8 Å². The summed E-state index contributed by atoms with van der Waals surface area (Å²) < 4.78 is 25.2. The molecule has 0 saturated heterocycles. The molecule has 0 saturated carbocycles. The molecule has 3 atom stereocenters. The Labute approximate surface area is 211 Å². The molecule has 36 heavy (non-hydrogen) atoms. The fourth-order valence-corrected chi connectivity index (χ4v) is 4.14. The van der Waals surface area contributed by atoms with Gasteiger partial charge in [-0.1, -0.05) is 13.8 Å². The molecule has 1 heterocycles. The van der Waals surface area contributed by atoms with Crippen LogP contribution in [0, 0.1) is 11.7 Å². The number of halogens is 1. The van der Waals surface area contributed by atoms with E-state index in [1.54, 1.807) is 49.1 Å². The fourth-order valence-electron chi connectivity index (χ4n) is 4.14. The highest BCUT2D eigenvalue weighted by Crippen LogP contribution is 2.27. The third kappa shape index (κ3) is 6.40. The highest BCUT2D eigenvalue weighted by atomic mass is 19.1. The topological polar surface area (TPSA) is 88.2 Å². The zero-order valence-electron chi connectivity index (χ0n) is 21.4. The van der Waals surface area contributed by atoms with Crippen molar-refractivity contribution in [3.63, 3.8) is 0 Å². The molecule has 3 amide bonds. The normalized spacial score (nSPS) is 21.1. The van der Waals surface area contributed by atoms with E-state index >= 15 is 0 Å². The van der Waals surface area contributed by atoms with Gasteiger partial charge in [0.2, 0.25) is 5.91 Å². The van der Waals surface area contributed by atoms with E-state index in [0.717, 1.165) is 0 Å². The summed E-state index contributed by atoms with van der Waals surface area (Å²) in [7, 11) is 3.26. The standard InChI is InChI=1S/C27H34FN3O5/c1-6-25(32)29-21-11-12-23-22(13-21)27(34)30(4)15-24(35-5)17(2)14-31(18(3)16-36-23)26(33)19-7-9-20(28)10-8-19/h7-13,17-18,24H,6,14-16H2,1-5H3,(H,29,32)/t17-,18-,24-/m0/s1. The third-order valence-electron chi connectivity index (χ3n) is 6.40. The van der Waals surface area contributed by atoms with Crippen molar-refractivity contribution in [1.29, 1.82) is 0 Å². The molecule has 2 aromatic rings. The largest absolute Gasteiger partial charge is 0.491 e. The van der Waals surface area contributed by atoms with Gasteiger partial charge in [0.1, 0.15) is 18.2 Å².